The van der Waals surface area contributed by atoms with Gasteiger partial charge in [0.25, 0.3) is 5.69 Å². The third-order valence-electron chi connectivity index (χ3n) is 4.02. The lowest BCUT2D eigenvalue weighted by Gasteiger charge is -2.11. The van der Waals surface area contributed by atoms with Gasteiger partial charge in [0.15, 0.2) is 5.82 Å². The molecule has 1 radical (unpaired) electrons. The number of anilines is 1. The second-order valence-electron chi connectivity index (χ2n) is 6.25. The molecule has 0 aliphatic rings. The zero-order chi connectivity index (χ0) is 21.7. The molecule has 0 saturated carbocycles. The largest absolute Gasteiger partial charge is 0.493 e. The number of nitro groups is 1. The van der Waals surface area contributed by atoms with E-state index in [1.807, 2.05) is 0 Å². The van der Waals surface area contributed by atoms with Gasteiger partial charge in [-0.2, -0.15) is 0 Å². The van der Waals surface area contributed by atoms with E-state index in [1.165, 1.54) is 30.3 Å². The van der Waals surface area contributed by atoms with Crippen molar-refractivity contribution in [1.82, 2.24) is 9.97 Å². The summed E-state index contributed by atoms with van der Waals surface area (Å²) in [6.07, 6.45) is 1.43. The number of halogens is 3. The van der Waals surface area contributed by atoms with E-state index in [0.29, 0.717) is 29.8 Å². The summed E-state index contributed by atoms with van der Waals surface area (Å²) in [4.78, 5) is 17.8. The molecule has 0 aliphatic heterocycles. The first-order valence-corrected chi connectivity index (χ1v) is 9.17. The first kappa shape index (κ1) is 21.4. The van der Waals surface area contributed by atoms with Gasteiger partial charge in [-0.05, 0) is 54.8 Å². The summed E-state index contributed by atoms with van der Waals surface area (Å²) in [5, 5.41) is 13.7. The summed E-state index contributed by atoms with van der Waals surface area (Å²) in [6, 6.07) is 8.26. The normalized spacial score (nSPS) is 10.7. The lowest BCUT2D eigenvalue weighted by molar-refractivity contribution is -0.385. The topological polar surface area (TPSA) is 90.2 Å². The Hall–Kier alpha value is -3.33. The minimum Gasteiger partial charge on any atom is -0.493 e. The van der Waals surface area contributed by atoms with Crippen LogP contribution in [-0.4, -0.2) is 28.0 Å². The minimum absolute atomic E-state index is 0.0314. The van der Waals surface area contributed by atoms with Crippen LogP contribution in [-0.2, 0) is 0 Å². The number of benzene rings is 2. The van der Waals surface area contributed by atoms with Gasteiger partial charge >= 0.3 is 0 Å². The molecule has 155 valence electrons. The van der Waals surface area contributed by atoms with Crippen LogP contribution in [0.25, 0.3) is 11.3 Å². The first-order valence-electron chi connectivity index (χ1n) is 8.79. The van der Waals surface area contributed by atoms with Gasteiger partial charge in [0, 0.05) is 18.2 Å². The van der Waals surface area contributed by atoms with E-state index in [2.05, 4.69) is 22.2 Å². The number of ether oxygens (including phenoxy) is 1. The molecule has 0 unspecified atom stereocenters. The van der Waals surface area contributed by atoms with E-state index in [-0.39, 0.29) is 29.0 Å². The summed E-state index contributed by atoms with van der Waals surface area (Å²) in [5.41, 5.74) is 0.837. The SMILES string of the molecule is [CH2]c1cc(OCCCNc2cc(-c3nc(Cl)ncc3F)ccc2F)cc([N+](=O)[O-])c1. The van der Waals surface area contributed by atoms with E-state index in [9.17, 15) is 18.9 Å². The molecule has 7 nitrogen and oxygen atoms in total. The quantitative estimate of drug-likeness (QED) is 0.231. The Morgan fingerprint density at radius 2 is 2.00 bits per heavy atom. The Morgan fingerprint density at radius 1 is 1.20 bits per heavy atom. The molecule has 2 aromatic carbocycles. The van der Waals surface area contributed by atoms with Crippen LogP contribution in [0.15, 0.2) is 42.6 Å². The smallest absolute Gasteiger partial charge is 0.273 e. The maximum atomic E-state index is 14.1. The average molecular weight is 434 g/mol. The number of non-ortho nitro benzene ring substituents is 1. The maximum absolute atomic E-state index is 14.1. The second kappa shape index (κ2) is 9.45. The molecule has 1 aromatic heterocycles. The zero-order valence-corrected chi connectivity index (χ0v) is 16.3. The van der Waals surface area contributed by atoms with Crippen molar-refractivity contribution in [2.75, 3.05) is 18.5 Å². The number of nitrogens with zero attached hydrogens (tertiary/aromatic N) is 3. The molecule has 3 rings (SSSR count). The highest BCUT2D eigenvalue weighted by molar-refractivity contribution is 6.28. The van der Waals surface area contributed by atoms with Crippen LogP contribution in [0.5, 0.6) is 5.75 Å². The molecule has 30 heavy (non-hydrogen) atoms. The van der Waals surface area contributed by atoms with Gasteiger partial charge in [-0.25, -0.2) is 18.7 Å². The Kier molecular flexibility index (Phi) is 6.73. The molecule has 1 heterocycles. The van der Waals surface area contributed by atoms with Gasteiger partial charge in [0.2, 0.25) is 5.28 Å². The van der Waals surface area contributed by atoms with Crippen LogP contribution in [0.3, 0.4) is 0 Å². The van der Waals surface area contributed by atoms with E-state index in [1.54, 1.807) is 6.07 Å². The predicted octanol–water partition coefficient (Wildman–Crippen LogP) is 5.05. The van der Waals surface area contributed by atoms with Crippen molar-refractivity contribution < 1.29 is 18.4 Å². The monoisotopic (exact) mass is 433 g/mol. The third-order valence-corrected chi connectivity index (χ3v) is 4.20. The number of rotatable bonds is 8. The third kappa shape index (κ3) is 5.38. The molecule has 0 fully saturated rings. The Labute approximate surface area is 175 Å². The van der Waals surface area contributed by atoms with Crippen molar-refractivity contribution in [1.29, 1.82) is 0 Å². The van der Waals surface area contributed by atoms with Crippen molar-refractivity contribution in [3.8, 4) is 17.0 Å². The molecule has 1 N–H and O–H groups in total. The fourth-order valence-corrected chi connectivity index (χ4v) is 2.81. The molecular formula is C20H16ClF2N4O3. The van der Waals surface area contributed by atoms with Gasteiger partial charge in [0.1, 0.15) is 17.3 Å². The Morgan fingerprint density at radius 3 is 2.77 bits per heavy atom. The number of aromatic nitrogens is 2. The lowest BCUT2D eigenvalue weighted by atomic mass is 10.1. The summed E-state index contributed by atoms with van der Waals surface area (Å²) in [6.45, 7) is 4.27. The molecule has 0 spiro atoms. The van der Waals surface area contributed by atoms with Crippen molar-refractivity contribution >= 4 is 23.0 Å². The van der Waals surface area contributed by atoms with Crippen molar-refractivity contribution in [3.05, 3.63) is 82.1 Å². The summed E-state index contributed by atoms with van der Waals surface area (Å²) < 4.78 is 33.5. The van der Waals surface area contributed by atoms with Crippen LogP contribution < -0.4 is 10.1 Å². The van der Waals surface area contributed by atoms with E-state index in [0.717, 1.165) is 6.20 Å². The van der Waals surface area contributed by atoms with Gasteiger partial charge in [-0.15, -0.1) is 0 Å². The molecule has 0 amide bonds. The van der Waals surface area contributed by atoms with Crippen LogP contribution in [0.1, 0.15) is 12.0 Å². The molecular weight excluding hydrogens is 418 g/mol. The average Bonchev–Trinajstić information content (AvgIpc) is 2.70. The molecule has 0 saturated heterocycles. The molecule has 0 aliphatic carbocycles. The maximum Gasteiger partial charge on any atom is 0.273 e. The van der Waals surface area contributed by atoms with Gasteiger partial charge in [-0.1, -0.05) is 0 Å². The summed E-state index contributed by atoms with van der Waals surface area (Å²) in [7, 11) is 0. The zero-order valence-electron chi connectivity index (χ0n) is 15.6. The number of nitro benzene ring substituents is 1. The highest BCUT2D eigenvalue weighted by atomic mass is 35.5. The van der Waals surface area contributed by atoms with Crippen LogP contribution in [0.2, 0.25) is 5.28 Å². The standard InChI is InChI=1S/C20H16ClF2N4O3/c1-12-7-14(27(28)29)10-15(8-12)30-6-2-5-24-18-9-13(3-4-16(18)22)19-17(23)11-25-20(21)26-19/h3-4,7-11,24H,1-2,5-6H2. The predicted molar refractivity (Wildman–Crippen MR) is 109 cm³/mol. The molecule has 0 bridgehead atoms. The van der Waals surface area contributed by atoms with E-state index >= 15 is 0 Å². The fourth-order valence-electron chi connectivity index (χ4n) is 2.67. The Bertz CT molecular complexity index is 1080. The van der Waals surface area contributed by atoms with Crippen molar-refractivity contribution in [3.63, 3.8) is 0 Å². The second-order valence-corrected chi connectivity index (χ2v) is 6.59. The van der Waals surface area contributed by atoms with Gasteiger partial charge in [-0.3, -0.25) is 10.1 Å². The van der Waals surface area contributed by atoms with Crippen LogP contribution in [0, 0.1) is 28.7 Å². The highest BCUT2D eigenvalue weighted by Gasteiger charge is 2.12. The summed E-state index contributed by atoms with van der Waals surface area (Å²) >= 11 is 5.71. The molecule has 0 atom stereocenters. The fraction of sp³-hybridized carbons (Fsp3) is 0.150. The minimum atomic E-state index is -0.674. The molecule has 3 aromatic rings. The Balaban J connectivity index is 1.59. The van der Waals surface area contributed by atoms with E-state index < -0.39 is 16.6 Å². The number of nitrogens with one attached hydrogen (secondary N) is 1. The van der Waals surface area contributed by atoms with Crippen molar-refractivity contribution in [2.45, 2.75) is 6.42 Å². The number of hydrogen-bond acceptors (Lipinski definition) is 6. The van der Waals surface area contributed by atoms with Crippen LogP contribution >= 0.6 is 11.6 Å². The molecule has 10 heteroatoms. The van der Waals surface area contributed by atoms with Gasteiger partial charge in [0.05, 0.1) is 29.5 Å². The van der Waals surface area contributed by atoms with Crippen molar-refractivity contribution in [2.24, 2.45) is 0 Å². The van der Waals surface area contributed by atoms with E-state index in [4.69, 9.17) is 16.3 Å². The summed E-state index contributed by atoms with van der Waals surface area (Å²) in [5.74, 6) is -0.855. The lowest BCUT2D eigenvalue weighted by Crippen LogP contribution is -2.09. The van der Waals surface area contributed by atoms with Gasteiger partial charge < -0.3 is 10.1 Å². The van der Waals surface area contributed by atoms with Crippen LogP contribution in [0.4, 0.5) is 20.2 Å². The first-order chi connectivity index (χ1) is 14.3. The highest BCUT2D eigenvalue weighted by Crippen LogP contribution is 2.26. The number of hydrogen-bond donors (Lipinski definition) is 1.